The summed E-state index contributed by atoms with van der Waals surface area (Å²) in [6.07, 6.45) is 3.43. The molecule has 0 bridgehead atoms. The van der Waals surface area contributed by atoms with E-state index in [1.165, 1.54) is 18.2 Å². The molecular weight excluding hydrogens is 268 g/mol. The molecule has 1 amide bonds. The Hall–Kier alpha value is -1.69. The number of aliphatic hydroxyl groups is 1. The quantitative estimate of drug-likeness (QED) is 0.686. The minimum atomic E-state index is -2.90. The van der Waals surface area contributed by atoms with Gasteiger partial charge in [-0.2, -0.15) is 8.78 Å². The molecule has 0 saturated carbocycles. The highest BCUT2D eigenvalue weighted by Gasteiger charge is 2.08. The molecule has 6 heteroatoms. The summed E-state index contributed by atoms with van der Waals surface area (Å²) < 4.78 is 28.4. The first kappa shape index (κ1) is 16.4. The SMILES string of the molecule is O=C(NCCCCCCO)c1cccc(OC(F)F)c1. The summed E-state index contributed by atoms with van der Waals surface area (Å²) in [5.74, 6) is -0.345. The highest BCUT2D eigenvalue weighted by atomic mass is 19.3. The molecule has 0 unspecified atom stereocenters. The minimum absolute atomic E-state index is 0.0319. The number of ether oxygens (including phenoxy) is 1. The normalized spacial score (nSPS) is 10.6. The van der Waals surface area contributed by atoms with E-state index in [4.69, 9.17) is 5.11 Å². The predicted octanol–water partition coefficient (Wildman–Crippen LogP) is 2.57. The molecule has 0 aliphatic heterocycles. The van der Waals surface area contributed by atoms with Gasteiger partial charge in [-0.25, -0.2) is 0 Å². The van der Waals surface area contributed by atoms with Crippen LogP contribution in [0.2, 0.25) is 0 Å². The van der Waals surface area contributed by atoms with Crippen LogP contribution < -0.4 is 10.1 Å². The van der Waals surface area contributed by atoms with Crippen LogP contribution in [0.15, 0.2) is 24.3 Å². The third-order valence-corrected chi connectivity index (χ3v) is 2.69. The molecule has 20 heavy (non-hydrogen) atoms. The number of nitrogens with one attached hydrogen (secondary N) is 1. The van der Waals surface area contributed by atoms with E-state index < -0.39 is 6.61 Å². The Kier molecular flexibility index (Phi) is 7.57. The summed E-state index contributed by atoms with van der Waals surface area (Å²) in [6.45, 7) is -2.20. The van der Waals surface area contributed by atoms with E-state index in [0.717, 1.165) is 25.7 Å². The zero-order valence-corrected chi connectivity index (χ0v) is 11.1. The number of aliphatic hydroxyl groups excluding tert-OH is 1. The molecule has 2 N–H and O–H groups in total. The lowest BCUT2D eigenvalue weighted by Gasteiger charge is -2.08. The van der Waals surface area contributed by atoms with Crippen molar-refractivity contribution in [2.24, 2.45) is 0 Å². The summed E-state index contributed by atoms with van der Waals surface area (Å²) in [5, 5.41) is 11.3. The number of alkyl halides is 2. The lowest BCUT2D eigenvalue weighted by atomic mass is 10.2. The van der Waals surface area contributed by atoms with Gasteiger partial charge < -0.3 is 15.2 Å². The zero-order chi connectivity index (χ0) is 14.8. The summed E-state index contributed by atoms with van der Waals surface area (Å²) >= 11 is 0. The number of rotatable bonds is 9. The number of benzene rings is 1. The molecule has 0 fully saturated rings. The van der Waals surface area contributed by atoms with Gasteiger partial charge in [-0.1, -0.05) is 18.9 Å². The van der Waals surface area contributed by atoms with Crippen molar-refractivity contribution in [1.29, 1.82) is 0 Å². The van der Waals surface area contributed by atoms with Gasteiger partial charge in [0, 0.05) is 18.7 Å². The first-order chi connectivity index (χ1) is 9.63. The lowest BCUT2D eigenvalue weighted by Crippen LogP contribution is -2.24. The van der Waals surface area contributed by atoms with E-state index in [1.807, 2.05) is 0 Å². The van der Waals surface area contributed by atoms with Gasteiger partial charge in [0.05, 0.1) is 0 Å². The molecule has 0 aliphatic carbocycles. The Balaban J connectivity index is 2.35. The first-order valence-corrected chi connectivity index (χ1v) is 6.57. The molecule has 0 aliphatic rings. The molecule has 0 atom stereocenters. The van der Waals surface area contributed by atoms with Crippen LogP contribution in [0.5, 0.6) is 5.75 Å². The van der Waals surface area contributed by atoms with Crippen LogP contribution in [0, 0.1) is 0 Å². The van der Waals surface area contributed by atoms with Crippen LogP contribution in [0.25, 0.3) is 0 Å². The molecular formula is C14H19F2NO3. The Morgan fingerprint density at radius 1 is 1.25 bits per heavy atom. The molecule has 0 aromatic heterocycles. The van der Waals surface area contributed by atoms with Crippen molar-refractivity contribution in [3.05, 3.63) is 29.8 Å². The van der Waals surface area contributed by atoms with Crippen LogP contribution in [0.3, 0.4) is 0 Å². The molecule has 1 rings (SSSR count). The van der Waals surface area contributed by atoms with Gasteiger partial charge >= 0.3 is 6.61 Å². The topological polar surface area (TPSA) is 58.6 Å². The number of carbonyl (C=O) groups is 1. The van der Waals surface area contributed by atoms with E-state index in [-0.39, 0.29) is 18.3 Å². The van der Waals surface area contributed by atoms with E-state index in [0.29, 0.717) is 12.1 Å². The highest BCUT2D eigenvalue weighted by Crippen LogP contribution is 2.15. The van der Waals surface area contributed by atoms with Gasteiger partial charge in [-0.3, -0.25) is 4.79 Å². The monoisotopic (exact) mass is 287 g/mol. The van der Waals surface area contributed by atoms with Crippen LogP contribution in [0.1, 0.15) is 36.0 Å². The van der Waals surface area contributed by atoms with E-state index >= 15 is 0 Å². The zero-order valence-electron chi connectivity index (χ0n) is 11.1. The van der Waals surface area contributed by atoms with Gasteiger partial charge in [-0.05, 0) is 31.0 Å². The molecule has 112 valence electrons. The van der Waals surface area contributed by atoms with Crippen molar-refractivity contribution in [2.45, 2.75) is 32.3 Å². The number of unbranched alkanes of at least 4 members (excludes halogenated alkanes) is 3. The second kappa shape index (κ2) is 9.25. The molecule has 1 aromatic rings. The average molecular weight is 287 g/mol. The van der Waals surface area contributed by atoms with Crippen molar-refractivity contribution >= 4 is 5.91 Å². The Morgan fingerprint density at radius 3 is 2.70 bits per heavy atom. The standard InChI is InChI=1S/C14H19F2NO3/c15-14(16)20-12-7-5-6-11(10-12)13(19)17-8-3-1-2-4-9-18/h5-7,10,14,18H,1-4,8-9H2,(H,17,19). The third kappa shape index (κ3) is 6.47. The van der Waals surface area contributed by atoms with E-state index in [2.05, 4.69) is 10.1 Å². The Bertz CT molecular complexity index is 413. The van der Waals surface area contributed by atoms with Gasteiger partial charge in [0.2, 0.25) is 0 Å². The average Bonchev–Trinajstić information content (AvgIpc) is 2.42. The fourth-order valence-electron chi connectivity index (χ4n) is 1.71. The second-order valence-corrected chi connectivity index (χ2v) is 4.30. The second-order valence-electron chi connectivity index (χ2n) is 4.30. The largest absolute Gasteiger partial charge is 0.435 e. The summed E-state index contributed by atoms with van der Waals surface area (Å²) in [6, 6.07) is 5.69. The first-order valence-electron chi connectivity index (χ1n) is 6.57. The Labute approximate surface area is 116 Å². The molecule has 1 aromatic carbocycles. The summed E-state index contributed by atoms with van der Waals surface area (Å²) in [4.78, 5) is 11.8. The summed E-state index contributed by atoms with van der Waals surface area (Å²) in [5.41, 5.74) is 0.290. The lowest BCUT2D eigenvalue weighted by molar-refractivity contribution is -0.0498. The maximum atomic E-state index is 12.1. The van der Waals surface area contributed by atoms with Gasteiger partial charge in [-0.15, -0.1) is 0 Å². The molecule has 0 spiro atoms. The van der Waals surface area contributed by atoms with Crippen LogP contribution in [0.4, 0.5) is 8.78 Å². The fraction of sp³-hybridized carbons (Fsp3) is 0.500. The Morgan fingerprint density at radius 2 is 2.00 bits per heavy atom. The van der Waals surface area contributed by atoms with Crippen LogP contribution >= 0.6 is 0 Å². The van der Waals surface area contributed by atoms with E-state index in [1.54, 1.807) is 6.07 Å². The maximum Gasteiger partial charge on any atom is 0.387 e. The smallest absolute Gasteiger partial charge is 0.387 e. The maximum absolute atomic E-state index is 12.1. The van der Waals surface area contributed by atoms with Gasteiger partial charge in [0.25, 0.3) is 5.91 Å². The summed E-state index contributed by atoms with van der Waals surface area (Å²) in [7, 11) is 0. The van der Waals surface area contributed by atoms with Crippen molar-refractivity contribution in [1.82, 2.24) is 5.32 Å². The van der Waals surface area contributed by atoms with Crippen molar-refractivity contribution in [3.8, 4) is 5.75 Å². The number of amides is 1. The van der Waals surface area contributed by atoms with Crippen LogP contribution in [-0.4, -0.2) is 30.8 Å². The highest BCUT2D eigenvalue weighted by molar-refractivity contribution is 5.94. The van der Waals surface area contributed by atoms with Crippen LogP contribution in [-0.2, 0) is 0 Å². The van der Waals surface area contributed by atoms with Crippen molar-refractivity contribution in [2.75, 3.05) is 13.2 Å². The van der Waals surface area contributed by atoms with Crippen molar-refractivity contribution < 1.29 is 23.4 Å². The number of hydrogen-bond donors (Lipinski definition) is 2. The molecule has 0 radical (unpaired) electrons. The molecule has 0 saturated heterocycles. The predicted molar refractivity (Wildman–Crippen MR) is 71.0 cm³/mol. The number of halogens is 2. The number of hydrogen-bond acceptors (Lipinski definition) is 3. The fourth-order valence-corrected chi connectivity index (χ4v) is 1.71. The minimum Gasteiger partial charge on any atom is -0.435 e. The molecule has 4 nitrogen and oxygen atoms in total. The third-order valence-electron chi connectivity index (χ3n) is 2.69. The van der Waals surface area contributed by atoms with Gasteiger partial charge in [0.15, 0.2) is 0 Å². The number of carbonyl (C=O) groups excluding carboxylic acids is 1. The van der Waals surface area contributed by atoms with Gasteiger partial charge in [0.1, 0.15) is 5.75 Å². The van der Waals surface area contributed by atoms with E-state index in [9.17, 15) is 13.6 Å². The molecule has 0 heterocycles. The van der Waals surface area contributed by atoms with Crippen molar-refractivity contribution in [3.63, 3.8) is 0 Å².